The number of hydrogen-bond donors (Lipinski definition) is 1. The van der Waals surface area contributed by atoms with Crippen molar-refractivity contribution >= 4 is 24.0 Å². The van der Waals surface area contributed by atoms with E-state index in [1.165, 1.54) is 6.07 Å². The minimum atomic E-state index is -0.385. The summed E-state index contributed by atoms with van der Waals surface area (Å²) in [6.45, 7) is 6.52. The Hall–Kier alpha value is -1.03. The van der Waals surface area contributed by atoms with Crippen molar-refractivity contribution in [3.8, 4) is 0 Å². The zero-order chi connectivity index (χ0) is 14.0. The zero-order valence-electron chi connectivity index (χ0n) is 11.7. The van der Waals surface area contributed by atoms with E-state index in [4.69, 9.17) is 16.0 Å². The summed E-state index contributed by atoms with van der Waals surface area (Å²) in [6.07, 6.45) is 0. The lowest BCUT2D eigenvalue weighted by atomic mass is 10.1. The lowest BCUT2D eigenvalue weighted by Crippen LogP contribution is -2.18. The first-order valence-corrected chi connectivity index (χ1v) is 6.59. The molecule has 1 unspecified atom stereocenters. The van der Waals surface area contributed by atoms with Crippen molar-refractivity contribution in [1.29, 1.82) is 0 Å². The van der Waals surface area contributed by atoms with Crippen molar-refractivity contribution in [3.05, 3.63) is 57.8 Å². The Bertz CT molecular complexity index is 583. The van der Waals surface area contributed by atoms with Crippen LogP contribution in [0.2, 0.25) is 5.02 Å². The van der Waals surface area contributed by atoms with Crippen LogP contribution in [0, 0.1) is 19.7 Å². The summed E-state index contributed by atoms with van der Waals surface area (Å²) in [4.78, 5) is 0. The Balaban J connectivity index is 0.00000200. The van der Waals surface area contributed by atoms with Crippen LogP contribution in [-0.2, 0) is 6.54 Å². The fourth-order valence-corrected chi connectivity index (χ4v) is 2.23. The van der Waals surface area contributed by atoms with E-state index in [-0.39, 0.29) is 29.3 Å². The maximum atomic E-state index is 13.3. The van der Waals surface area contributed by atoms with E-state index in [0.717, 1.165) is 22.6 Å². The number of furan rings is 1. The molecule has 0 aliphatic carbocycles. The molecule has 20 heavy (non-hydrogen) atoms. The van der Waals surface area contributed by atoms with Crippen LogP contribution in [0.15, 0.2) is 28.7 Å². The first-order chi connectivity index (χ1) is 8.97. The number of nitrogens with one attached hydrogen (secondary N) is 1. The first kappa shape index (κ1) is 17.0. The van der Waals surface area contributed by atoms with E-state index in [2.05, 4.69) is 12.2 Å². The molecule has 0 bridgehead atoms. The van der Waals surface area contributed by atoms with Crippen molar-refractivity contribution in [2.24, 2.45) is 0 Å². The summed E-state index contributed by atoms with van der Waals surface area (Å²) < 4.78 is 18.8. The second-order valence-electron chi connectivity index (χ2n) is 4.72. The SMILES string of the molecule is Cc1cc(C(C)NCc2ccc(Cl)c(F)c2)c(C)o1.Cl. The van der Waals surface area contributed by atoms with Crippen molar-refractivity contribution in [1.82, 2.24) is 5.32 Å². The van der Waals surface area contributed by atoms with Gasteiger partial charge in [-0.25, -0.2) is 4.39 Å². The molecule has 2 nitrogen and oxygen atoms in total. The molecule has 1 N–H and O–H groups in total. The third-order valence-electron chi connectivity index (χ3n) is 3.14. The number of hydrogen-bond acceptors (Lipinski definition) is 2. The van der Waals surface area contributed by atoms with E-state index in [1.54, 1.807) is 6.07 Å². The largest absolute Gasteiger partial charge is 0.466 e. The van der Waals surface area contributed by atoms with Crippen LogP contribution in [0.5, 0.6) is 0 Å². The average molecular weight is 318 g/mol. The van der Waals surface area contributed by atoms with E-state index >= 15 is 0 Å². The molecule has 0 amide bonds. The van der Waals surface area contributed by atoms with Gasteiger partial charge in [0.05, 0.1) is 5.02 Å². The zero-order valence-corrected chi connectivity index (χ0v) is 13.2. The van der Waals surface area contributed by atoms with Crippen LogP contribution < -0.4 is 5.32 Å². The van der Waals surface area contributed by atoms with Gasteiger partial charge in [0.25, 0.3) is 0 Å². The molecule has 1 aromatic carbocycles. The Kier molecular flexibility index (Phi) is 6.06. The summed E-state index contributed by atoms with van der Waals surface area (Å²) in [7, 11) is 0. The minimum Gasteiger partial charge on any atom is -0.466 e. The lowest BCUT2D eigenvalue weighted by molar-refractivity contribution is 0.489. The van der Waals surface area contributed by atoms with Crippen LogP contribution in [0.1, 0.15) is 35.6 Å². The van der Waals surface area contributed by atoms with Gasteiger partial charge < -0.3 is 9.73 Å². The van der Waals surface area contributed by atoms with Crippen LogP contribution in [0.4, 0.5) is 4.39 Å². The summed E-state index contributed by atoms with van der Waals surface area (Å²) in [5.41, 5.74) is 2.00. The third kappa shape index (κ3) is 3.98. The van der Waals surface area contributed by atoms with E-state index in [9.17, 15) is 4.39 Å². The molecule has 2 aromatic rings. The second kappa shape index (κ2) is 7.11. The standard InChI is InChI=1S/C15H17ClFNO.ClH/c1-9-6-13(11(3)19-9)10(2)18-8-12-4-5-14(16)15(17)7-12;/h4-7,10,18H,8H2,1-3H3;1H. The van der Waals surface area contributed by atoms with Gasteiger partial charge in [-0.3, -0.25) is 0 Å². The van der Waals surface area contributed by atoms with Gasteiger partial charge in [0, 0.05) is 18.2 Å². The normalized spacial score (nSPS) is 12.1. The molecular weight excluding hydrogens is 300 g/mol. The minimum absolute atomic E-state index is 0. The van der Waals surface area contributed by atoms with Crippen LogP contribution in [0.3, 0.4) is 0 Å². The molecule has 1 atom stereocenters. The van der Waals surface area contributed by atoms with E-state index in [1.807, 2.05) is 26.0 Å². The number of halogens is 3. The van der Waals surface area contributed by atoms with Crippen molar-refractivity contribution in [3.63, 3.8) is 0 Å². The summed E-state index contributed by atoms with van der Waals surface area (Å²) in [5.74, 6) is 1.43. The number of benzene rings is 1. The van der Waals surface area contributed by atoms with E-state index < -0.39 is 0 Å². The lowest BCUT2D eigenvalue weighted by Gasteiger charge is -2.13. The Labute approximate surface area is 129 Å². The molecule has 0 aliphatic heterocycles. The molecular formula is C15H18Cl2FNO. The third-order valence-corrected chi connectivity index (χ3v) is 3.45. The molecule has 0 fully saturated rings. The highest BCUT2D eigenvalue weighted by Gasteiger charge is 2.12. The Morgan fingerprint density at radius 2 is 2.00 bits per heavy atom. The molecule has 0 saturated heterocycles. The fraction of sp³-hybridized carbons (Fsp3) is 0.333. The van der Waals surface area contributed by atoms with Gasteiger partial charge >= 0.3 is 0 Å². The van der Waals surface area contributed by atoms with Gasteiger partial charge in [-0.2, -0.15) is 0 Å². The Morgan fingerprint density at radius 3 is 2.55 bits per heavy atom. The molecule has 0 radical (unpaired) electrons. The summed E-state index contributed by atoms with van der Waals surface area (Å²) in [6, 6.07) is 7.02. The Morgan fingerprint density at radius 1 is 1.30 bits per heavy atom. The van der Waals surface area contributed by atoms with Gasteiger partial charge in [-0.1, -0.05) is 17.7 Å². The van der Waals surface area contributed by atoms with Gasteiger partial charge in [0.1, 0.15) is 17.3 Å². The van der Waals surface area contributed by atoms with Gasteiger partial charge in [0.15, 0.2) is 0 Å². The topological polar surface area (TPSA) is 25.2 Å². The summed E-state index contributed by atoms with van der Waals surface area (Å²) >= 11 is 5.65. The number of rotatable bonds is 4. The first-order valence-electron chi connectivity index (χ1n) is 6.21. The quantitative estimate of drug-likeness (QED) is 0.862. The molecule has 2 rings (SSSR count). The van der Waals surface area contributed by atoms with Crippen molar-refractivity contribution < 1.29 is 8.81 Å². The van der Waals surface area contributed by atoms with Gasteiger partial charge in [-0.15, -0.1) is 12.4 Å². The molecule has 0 saturated carbocycles. The van der Waals surface area contributed by atoms with Crippen molar-refractivity contribution in [2.45, 2.75) is 33.4 Å². The van der Waals surface area contributed by atoms with Crippen molar-refractivity contribution in [2.75, 3.05) is 0 Å². The molecule has 5 heteroatoms. The maximum Gasteiger partial charge on any atom is 0.142 e. The molecule has 0 spiro atoms. The number of aryl methyl sites for hydroxylation is 2. The van der Waals surface area contributed by atoms with Crippen LogP contribution in [0.25, 0.3) is 0 Å². The highest BCUT2D eigenvalue weighted by Crippen LogP contribution is 2.22. The van der Waals surface area contributed by atoms with Crippen LogP contribution in [-0.4, -0.2) is 0 Å². The molecule has 110 valence electrons. The predicted octanol–water partition coefficient (Wildman–Crippen LogP) is 4.96. The highest BCUT2D eigenvalue weighted by atomic mass is 35.5. The second-order valence-corrected chi connectivity index (χ2v) is 5.13. The molecule has 1 aromatic heterocycles. The molecule has 0 aliphatic rings. The summed E-state index contributed by atoms with van der Waals surface area (Å²) in [5, 5.41) is 3.50. The predicted molar refractivity (Wildman–Crippen MR) is 82.1 cm³/mol. The van der Waals surface area contributed by atoms with Gasteiger partial charge in [0.2, 0.25) is 0 Å². The highest BCUT2D eigenvalue weighted by molar-refractivity contribution is 6.30. The smallest absolute Gasteiger partial charge is 0.142 e. The fourth-order valence-electron chi connectivity index (χ4n) is 2.11. The maximum absolute atomic E-state index is 13.3. The van der Waals surface area contributed by atoms with Crippen LogP contribution >= 0.6 is 24.0 Å². The van der Waals surface area contributed by atoms with E-state index in [0.29, 0.717) is 6.54 Å². The average Bonchev–Trinajstić information content (AvgIpc) is 2.70. The monoisotopic (exact) mass is 317 g/mol. The molecule has 1 heterocycles. The van der Waals surface area contributed by atoms with Gasteiger partial charge in [-0.05, 0) is 44.5 Å².